The van der Waals surface area contributed by atoms with Crippen LogP contribution >= 0.6 is 11.6 Å². The first-order chi connectivity index (χ1) is 8.27. The Morgan fingerprint density at radius 1 is 1.41 bits per heavy atom. The Labute approximate surface area is 104 Å². The standard InChI is InChI=1S/C12H11ClN2O2/c13-10-3-1-2-4-11(10)17-8-5-12(16)15-7-6-14-9-15/h1-4,6-7,9H,5,8H2. The topological polar surface area (TPSA) is 44.1 Å². The van der Waals surface area contributed by atoms with Crippen LogP contribution in [-0.4, -0.2) is 22.1 Å². The molecule has 17 heavy (non-hydrogen) atoms. The first kappa shape index (κ1) is 11.7. The number of nitrogens with zero attached hydrogens (tertiary/aromatic N) is 2. The molecule has 0 radical (unpaired) electrons. The van der Waals surface area contributed by atoms with Crippen LogP contribution in [-0.2, 0) is 0 Å². The van der Waals surface area contributed by atoms with Gasteiger partial charge in [-0.05, 0) is 12.1 Å². The number of carbonyl (C=O) groups is 1. The van der Waals surface area contributed by atoms with Crippen LogP contribution < -0.4 is 4.74 Å². The molecule has 0 unspecified atom stereocenters. The van der Waals surface area contributed by atoms with E-state index in [1.54, 1.807) is 24.5 Å². The Balaban J connectivity index is 1.84. The van der Waals surface area contributed by atoms with Gasteiger partial charge in [0.2, 0.25) is 5.91 Å². The van der Waals surface area contributed by atoms with Crippen molar-refractivity contribution in [2.75, 3.05) is 6.61 Å². The van der Waals surface area contributed by atoms with Crippen LogP contribution in [0.5, 0.6) is 5.75 Å². The van der Waals surface area contributed by atoms with Crippen LogP contribution in [0.2, 0.25) is 5.02 Å². The molecule has 0 saturated carbocycles. The average molecular weight is 251 g/mol. The molecule has 0 amide bonds. The quantitative estimate of drug-likeness (QED) is 0.838. The van der Waals surface area contributed by atoms with Gasteiger partial charge < -0.3 is 4.74 Å². The van der Waals surface area contributed by atoms with Gasteiger partial charge in [0, 0.05) is 12.4 Å². The highest BCUT2D eigenvalue weighted by Gasteiger charge is 2.05. The van der Waals surface area contributed by atoms with Crippen molar-refractivity contribution in [2.24, 2.45) is 0 Å². The molecule has 0 aliphatic rings. The number of imidazole rings is 1. The van der Waals surface area contributed by atoms with E-state index >= 15 is 0 Å². The zero-order valence-corrected chi connectivity index (χ0v) is 9.80. The van der Waals surface area contributed by atoms with Gasteiger partial charge >= 0.3 is 0 Å². The third kappa shape index (κ3) is 3.07. The number of hydrogen-bond donors (Lipinski definition) is 0. The van der Waals surface area contributed by atoms with Crippen LogP contribution in [0.15, 0.2) is 43.0 Å². The molecule has 0 aliphatic carbocycles. The third-order valence-corrected chi connectivity index (χ3v) is 2.51. The summed E-state index contributed by atoms with van der Waals surface area (Å²) < 4.78 is 6.85. The molecule has 2 aromatic rings. The minimum Gasteiger partial charge on any atom is -0.491 e. The Morgan fingerprint density at radius 3 is 2.94 bits per heavy atom. The second-order valence-corrected chi connectivity index (χ2v) is 3.80. The predicted molar refractivity (Wildman–Crippen MR) is 64.4 cm³/mol. The van der Waals surface area contributed by atoms with Gasteiger partial charge in [0.15, 0.2) is 0 Å². The second-order valence-electron chi connectivity index (χ2n) is 3.39. The maximum absolute atomic E-state index is 11.6. The summed E-state index contributed by atoms with van der Waals surface area (Å²) in [5.74, 6) is 0.530. The maximum atomic E-state index is 11.6. The number of benzene rings is 1. The van der Waals surface area contributed by atoms with Gasteiger partial charge in [-0.1, -0.05) is 23.7 Å². The maximum Gasteiger partial charge on any atom is 0.235 e. The first-order valence-electron chi connectivity index (χ1n) is 5.16. The Bertz CT molecular complexity index is 497. The third-order valence-electron chi connectivity index (χ3n) is 2.20. The van der Waals surface area contributed by atoms with E-state index in [4.69, 9.17) is 16.3 Å². The van der Waals surface area contributed by atoms with Gasteiger partial charge in [-0.15, -0.1) is 0 Å². The molecule has 1 heterocycles. The van der Waals surface area contributed by atoms with Gasteiger partial charge in [0.25, 0.3) is 0 Å². The van der Waals surface area contributed by atoms with Crippen LogP contribution in [0, 0.1) is 0 Å². The largest absolute Gasteiger partial charge is 0.491 e. The highest BCUT2D eigenvalue weighted by Crippen LogP contribution is 2.23. The van der Waals surface area contributed by atoms with E-state index in [9.17, 15) is 4.79 Å². The second kappa shape index (κ2) is 5.50. The molecule has 0 atom stereocenters. The molecule has 0 fully saturated rings. The van der Waals surface area contributed by atoms with E-state index in [0.717, 1.165) is 0 Å². The van der Waals surface area contributed by atoms with Crippen molar-refractivity contribution in [2.45, 2.75) is 6.42 Å². The van der Waals surface area contributed by atoms with Gasteiger partial charge in [-0.3, -0.25) is 9.36 Å². The number of ether oxygens (including phenoxy) is 1. The van der Waals surface area contributed by atoms with E-state index in [1.807, 2.05) is 12.1 Å². The summed E-state index contributed by atoms with van der Waals surface area (Å²) in [6.45, 7) is 0.292. The highest BCUT2D eigenvalue weighted by molar-refractivity contribution is 6.32. The number of aromatic nitrogens is 2. The smallest absolute Gasteiger partial charge is 0.235 e. The molecule has 0 aliphatic heterocycles. The summed E-state index contributed by atoms with van der Waals surface area (Å²) in [7, 11) is 0. The lowest BCUT2D eigenvalue weighted by molar-refractivity contribution is 0.0881. The molecule has 88 valence electrons. The van der Waals surface area contributed by atoms with Crippen LogP contribution in [0.3, 0.4) is 0 Å². The van der Waals surface area contributed by atoms with Gasteiger partial charge in [-0.2, -0.15) is 0 Å². The summed E-state index contributed by atoms with van der Waals surface area (Å²) >= 11 is 5.91. The number of hydrogen-bond acceptors (Lipinski definition) is 3. The Morgan fingerprint density at radius 2 is 2.24 bits per heavy atom. The molecule has 1 aromatic heterocycles. The molecule has 4 nitrogen and oxygen atoms in total. The predicted octanol–water partition coefficient (Wildman–Crippen LogP) is 2.65. The molecule has 0 saturated heterocycles. The fraction of sp³-hybridized carbons (Fsp3) is 0.167. The van der Waals surface area contributed by atoms with Crippen molar-refractivity contribution in [1.82, 2.24) is 9.55 Å². The summed E-state index contributed by atoms with van der Waals surface area (Å²) in [4.78, 5) is 15.4. The molecular formula is C12H11ClN2O2. The number of carbonyl (C=O) groups excluding carboxylic acids is 1. The zero-order chi connectivity index (χ0) is 12.1. The van der Waals surface area contributed by atoms with Crippen LogP contribution in [0.1, 0.15) is 11.2 Å². The van der Waals surface area contributed by atoms with E-state index < -0.39 is 0 Å². The normalized spacial score (nSPS) is 10.2. The molecule has 0 bridgehead atoms. The van der Waals surface area contributed by atoms with E-state index in [2.05, 4.69) is 4.98 Å². The number of rotatable bonds is 4. The van der Waals surface area contributed by atoms with Crippen molar-refractivity contribution < 1.29 is 9.53 Å². The number of halogens is 1. The van der Waals surface area contributed by atoms with Crippen molar-refractivity contribution in [3.05, 3.63) is 48.0 Å². The molecule has 0 spiro atoms. The van der Waals surface area contributed by atoms with Crippen molar-refractivity contribution in [3.63, 3.8) is 0 Å². The molecule has 0 N–H and O–H groups in total. The van der Waals surface area contributed by atoms with Crippen LogP contribution in [0.25, 0.3) is 0 Å². The Hall–Kier alpha value is -1.81. The fourth-order valence-electron chi connectivity index (χ4n) is 1.35. The zero-order valence-electron chi connectivity index (χ0n) is 9.04. The highest BCUT2D eigenvalue weighted by atomic mass is 35.5. The van der Waals surface area contributed by atoms with Crippen molar-refractivity contribution >= 4 is 17.5 Å². The van der Waals surface area contributed by atoms with Crippen molar-refractivity contribution in [3.8, 4) is 5.75 Å². The van der Waals surface area contributed by atoms with Crippen LogP contribution in [0.4, 0.5) is 0 Å². The van der Waals surface area contributed by atoms with E-state index in [1.165, 1.54) is 10.9 Å². The van der Waals surface area contributed by atoms with Crippen molar-refractivity contribution in [1.29, 1.82) is 0 Å². The summed E-state index contributed by atoms with van der Waals surface area (Å²) in [6.07, 6.45) is 4.92. The average Bonchev–Trinajstić information content (AvgIpc) is 2.85. The molecular weight excluding hydrogens is 240 g/mol. The summed E-state index contributed by atoms with van der Waals surface area (Å²) in [6, 6.07) is 7.17. The number of para-hydroxylation sites is 1. The van der Waals surface area contributed by atoms with Gasteiger partial charge in [0.05, 0.1) is 18.1 Å². The summed E-state index contributed by atoms with van der Waals surface area (Å²) in [5.41, 5.74) is 0. The van der Waals surface area contributed by atoms with E-state index in [0.29, 0.717) is 17.4 Å². The lowest BCUT2D eigenvalue weighted by Gasteiger charge is -2.07. The van der Waals surface area contributed by atoms with Gasteiger partial charge in [-0.25, -0.2) is 4.98 Å². The SMILES string of the molecule is O=C(CCOc1ccccc1Cl)n1ccnc1. The van der Waals surface area contributed by atoms with E-state index in [-0.39, 0.29) is 12.3 Å². The lowest BCUT2D eigenvalue weighted by Crippen LogP contribution is -2.12. The minimum absolute atomic E-state index is 0.0606. The molecule has 5 heteroatoms. The lowest BCUT2D eigenvalue weighted by atomic mass is 10.3. The summed E-state index contributed by atoms with van der Waals surface area (Å²) in [5, 5.41) is 0.544. The molecule has 2 rings (SSSR count). The monoisotopic (exact) mass is 250 g/mol. The Kier molecular flexibility index (Phi) is 3.77. The first-order valence-corrected chi connectivity index (χ1v) is 5.53. The molecule has 1 aromatic carbocycles. The fourth-order valence-corrected chi connectivity index (χ4v) is 1.54. The van der Waals surface area contributed by atoms with Gasteiger partial charge in [0.1, 0.15) is 12.1 Å². The minimum atomic E-state index is -0.0606.